The van der Waals surface area contributed by atoms with E-state index in [1.807, 2.05) is 0 Å². The van der Waals surface area contributed by atoms with Gasteiger partial charge in [-0.15, -0.1) is 0 Å². The molecule has 19 heavy (non-hydrogen) atoms. The number of hydrogen-bond donors (Lipinski definition) is 2. The molecule has 0 saturated heterocycles. The number of hydrogen-bond acceptors (Lipinski definition) is 2. The summed E-state index contributed by atoms with van der Waals surface area (Å²) in [6.07, 6.45) is 0. The molecule has 0 spiro atoms. The van der Waals surface area contributed by atoms with Gasteiger partial charge in [0.1, 0.15) is 5.75 Å². The average Bonchev–Trinajstić information content (AvgIpc) is 2.37. The van der Waals surface area contributed by atoms with Gasteiger partial charge in [-0.25, -0.2) is 0 Å². The van der Waals surface area contributed by atoms with Gasteiger partial charge < -0.3 is 10.4 Å². The molecule has 2 aromatic rings. The van der Waals surface area contributed by atoms with Crippen molar-refractivity contribution in [2.24, 2.45) is 0 Å². The average molecular weight is 341 g/mol. The van der Waals surface area contributed by atoms with Crippen LogP contribution in [0.4, 0.5) is 0 Å². The first-order valence-corrected chi connectivity index (χ1v) is 6.75. The molecular formula is C14H11BrClNO2. The summed E-state index contributed by atoms with van der Waals surface area (Å²) in [7, 11) is 0. The second-order valence-corrected chi connectivity index (χ2v) is 5.23. The van der Waals surface area contributed by atoms with Gasteiger partial charge in [-0.2, -0.15) is 0 Å². The van der Waals surface area contributed by atoms with Crippen LogP contribution in [0.2, 0.25) is 5.02 Å². The number of amides is 1. The van der Waals surface area contributed by atoms with Gasteiger partial charge in [-0.05, 0) is 40.2 Å². The Hall–Kier alpha value is -1.52. The molecule has 0 unspecified atom stereocenters. The van der Waals surface area contributed by atoms with Crippen LogP contribution >= 0.6 is 27.5 Å². The van der Waals surface area contributed by atoms with E-state index in [9.17, 15) is 9.90 Å². The Bertz CT molecular complexity index is 616. The van der Waals surface area contributed by atoms with Gasteiger partial charge in [-0.1, -0.05) is 29.8 Å². The molecule has 0 bridgehead atoms. The van der Waals surface area contributed by atoms with Crippen LogP contribution < -0.4 is 5.32 Å². The minimum atomic E-state index is -0.230. The van der Waals surface area contributed by atoms with E-state index in [0.717, 1.165) is 0 Å². The van der Waals surface area contributed by atoms with Crippen LogP contribution in [0, 0.1) is 0 Å². The molecule has 2 N–H and O–H groups in total. The molecule has 3 nitrogen and oxygen atoms in total. The maximum atomic E-state index is 12.0. The fraction of sp³-hybridized carbons (Fsp3) is 0.0714. The number of para-hydroxylation sites is 1. The number of aromatic hydroxyl groups is 1. The monoisotopic (exact) mass is 339 g/mol. The molecule has 1 amide bonds. The first kappa shape index (κ1) is 13.9. The van der Waals surface area contributed by atoms with Crippen molar-refractivity contribution in [2.45, 2.75) is 6.54 Å². The number of rotatable bonds is 3. The Morgan fingerprint density at radius 1 is 1.26 bits per heavy atom. The van der Waals surface area contributed by atoms with E-state index >= 15 is 0 Å². The zero-order valence-electron chi connectivity index (χ0n) is 9.86. The quantitative estimate of drug-likeness (QED) is 0.894. The highest BCUT2D eigenvalue weighted by Crippen LogP contribution is 2.22. The minimum Gasteiger partial charge on any atom is -0.508 e. The third-order valence-corrected chi connectivity index (χ3v) is 3.50. The molecule has 0 aliphatic carbocycles. The van der Waals surface area contributed by atoms with Gasteiger partial charge in [0.25, 0.3) is 5.91 Å². The molecule has 0 fully saturated rings. The number of halogens is 2. The van der Waals surface area contributed by atoms with Crippen molar-refractivity contribution in [1.82, 2.24) is 5.32 Å². The fourth-order valence-electron chi connectivity index (χ4n) is 1.60. The molecule has 98 valence electrons. The molecule has 2 aromatic carbocycles. The van der Waals surface area contributed by atoms with E-state index in [0.29, 0.717) is 20.6 Å². The molecule has 0 aromatic heterocycles. The first-order chi connectivity index (χ1) is 9.08. The Balaban J connectivity index is 2.08. The number of nitrogens with one attached hydrogen (secondary N) is 1. The molecule has 0 saturated carbocycles. The summed E-state index contributed by atoms with van der Waals surface area (Å²) in [6.45, 7) is 0.264. The molecule has 2 rings (SSSR count). The zero-order chi connectivity index (χ0) is 13.8. The maximum Gasteiger partial charge on any atom is 0.252 e. The number of phenolic OH excluding ortho intramolecular Hbond substituents is 1. The van der Waals surface area contributed by atoms with Gasteiger partial charge in [0.2, 0.25) is 0 Å². The number of benzene rings is 2. The van der Waals surface area contributed by atoms with Crippen molar-refractivity contribution >= 4 is 33.4 Å². The van der Waals surface area contributed by atoms with Gasteiger partial charge in [0, 0.05) is 21.6 Å². The lowest BCUT2D eigenvalue weighted by molar-refractivity contribution is 0.0950. The lowest BCUT2D eigenvalue weighted by Gasteiger charge is -2.08. The Labute approximate surface area is 124 Å². The highest BCUT2D eigenvalue weighted by Gasteiger charge is 2.10. The summed E-state index contributed by atoms with van der Waals surface area (Å²) in [5.41, 5.74) is 1.17. The maximum absolute atomic E-state index is 12.0. The first-order valence-electron chi connectivity index (χ1n) is 5.58. The Morgan fingerprint density at radius 2 is 2.00 bits per heavy atom. The summed E-state index contributed by atoms with van der Waals surface area (Å²) in [5, 5.41) is 12.9. The van der Waals surface area contributed by atoms with E-state index in [4.69, 9.17) is 11.6 Å². The number of carbonyl (C=O) groups is 1. The lowest BCUT2D eigenvalue weighted by Crippen LogP contribution is -2.23. The van der Waals surface area contributed by atoms with E-state index in [1.54, 1.807) is 42.5 Å². The number of carbonyl (C=O) groups excluding carboxylic acids is 1. The van der Waals surface area contributed by atoms with Crippen molar-refractivity contribution < 1.29 is 9.90 Å². The third kappa shape index (κ3) is 3.49. The Kier molecular flexibility index (Phi) is 4.45. The predicted molar refractivity (Wildman–Crippen MR) is 78.4 cm³/mol. The van der Waals surface area contributed by atoms with Crippen molar-refractivity contribution in [3.05, 3.63) is 63.1 Å². The molecule has 0 aliphatic heterocycles. The van der Waals surface area contributed by atoms with E-state index < -0.39 is 0 Å². The predicted octanol–water partition coefficient (Wildman–Crippen LogP) is 3.74. The van der Waals surface area contributed by atoms with Crippen LogP contribution in [0.5, 0.6) is 5.75 Å². The lowest BCUT2D eigenvalue weighted by atomic mass is 10.2. The molecule has 0 heterocycles. The molecule has 0 atom stereocenters. The van der Waals surface area contributed by atoms with Gasteiger partial charge in [0.05, 0.1) is 5.56 Å². The second kappa shape index (κ2) is 6.08. The summed E-state index contributed by atoms with van der Waals surface area (Å²) in [6, 6.07) is 11.8. The van der Waals surface area contributed by atoms with Crippen molar-refractivity contribution in [2.75, 3.05) is 0 Å². The highest BCUT2D eigenvalue weighted by atomic mass is 79.9. The van der Waals surface area contributed by atoms with Crippen LogP contribution in [0.1, 0.15) is 15.9 Å². The highest BCUT2D eigenvalue weighted by molar-refractivity contribution is 9.10. The fourth-order valence-corrected chi connectivity index (χ4v) is 2.47. The van der Waals surface area contributed by atoms with Gasteiger partial charge in [-0.3, -0.25) is 4.79 Å². The molecule has 0 radical (unpaired) electrons. The van der Waals surface area contributed by atoms with Crippen LogP contribution in [0.25, 0.3) is 0 Å². The van der Waals surface area contributed by atoms with E-state index in [1.165, 1.54) is 0 Å². The minimum absolute atomic E-state index is 0.165. The summed E-state index contributed by atoms with van der Waals surface area (Å²) >= 11 is 9.11. The molecule has 5 heteroatoms. The normalized spacial score (nSPS) is 10.2. The zero-order valence-corrected chi connectivity index (χ0v) is 12.2. The third-order valence-electron chi connectivity index (χ3n) is 2.61. The molecular weight excluding hydrogens is 330 g/mol. The number of phenols is 1. The van der Waals surface area contributed by atoms with Crippen LogP contribution in [0.15, 0.2) is 46.9 Å². The summed E-state index contributed by atoms with van der Waals surface area (Å²) in [4.78, 5) is 12.0. The summed E-state index contributed by atoms with van der Waals surface area (Å²) < 4.78 is 0.634. The molecule has 0 aliphatic rings. The van der Waals surface area contributed by atoms with Gasteiger partial charge in [0.15, 0.2) is 0 Å². The van der Waals surface area contributed by atoms with Crippen molar-refractivity contribution in [1.29, 1.82) is 0 Å². The van der Waals surface area contributed by atoms with Gasteiger partial charge >= 0.3 is 0 Å². The van der Waals surface area contributed by atoms with Crippen LogP contribution in [-0.2, 0) is 6.54 Å². The second-order valence-electron chi connectivity index (χ2n) is 3.94. The SMILES string of the molecule is O=C(NCc1ccccc1O)c1ccc(Cl)cc1Br. The Morgan fingerprint density at radius 3 is 2.68 bits per heavy atom. The van der Waals surface area contributed by atoms with Crippen molar-refractivity contribution in [3.63, 3.8) is 0 Å². The summed E-state index contributed by atoms with van der Waals surface area (Å²) in [5.74, 6) is -0.0650. The van der Waals surface area contributed by atoms with E-state index in [-0.39, 0.29) is 18.2 Å². The van der Waals surface area contributed by atoms with Crippen LogP contribution in [0.3, 0.4) is 0 Å². The van der Waals surface area contributed by atoms with E-state index in [2.05, 4.69) is 21.2 Å². The van der Waals surface area contributed by atoms with Crippen molar-refractivity contribution in [3.8, 4) is 5.75 Å². The standard InChI is InChI=1S/C14H11BrClNO2/c15-12-7-10(16)5-6-11(12)14(19)17-8-9-3-1-2-4-13(9)18/h1-7,18H,8H2,(H,17,19). The van der Waals surface area contributed by atoms with Crippen LogP contribution in [-0.4, -0.2) is 11.0 Å². The smallest absolute Gasteiger partial charge is 0.252 e. The topological polar surface area (TPSA) is 49.3 Å². The largest absolute Gasteiger partial charge is 0.508 e.